The molecule has 0 radical (unpaired) electrons. The van der Waals surface area contributed by atoms with Gasteiger partial charge in [0.15, 0.2) is 0 Å². The van der Waals surface area contributed by atoms with Gasteiger partial charge >= 0.3 is 0 Å². The Balaban J connectivity index is 2.62. The summed E-state index contributed by atoms with van der Waals surface area (Å²) >= 11 is 0. The Labute approximate surface area is 119 Å². The van der Waals surface area contributed by atoms with Crippen LogP contribution in [0.4, 0.5) is 0 Å². The van der Waals surface area contributed by atoms with E-state index in [9.17, 15) is 5.26 Å². The van der Waals surface area contributed by atoms with Crippen molar-refractivity contribution in [3.05, 3.63) is 0 Å². The quantitative estimate of drug-likeness (QED) is 0.623. The number of nitrogens with one attached hydrogen (secondary N) is 1. The lowest BCUT2D eigenvalue weighted by Crippen LogP contribution is -2.54. The molecule has 0 heterocycles. The summed E-state index contributed by atoms with van der Waals surface area (Å²) < 4.78 is 0. The highest BCUT2D eigenvalue weighted by molar-refractivity contribution is 5.16. The van der Waals surface area contributed by atoms with Gasteiger partial charge in [-0.2, -0.15) is 5.26 Å². The van der Waals surface area contributed by atoms with E-state index in [4.69, 9.17) is 0 Å². The van der Waals surface area contributed by atoms with Crippen molar-refractivity contribution in [2.45, 2.75) is 64.8 Å². The summed E-state index contributed by atoms with van der Waals surface area (Å²) in [5.74, 6) is 0.572. The van der Waals surface area contributed by atoms with Crippen molar-refractivity contribution < 1.29 is 0 Å². The summed E-state index contributed by atoms with van der Waals surface area (Å²) in [6.45, 7) is 10.6. The van der Waals surface area contributed by atoms with Crippen molar-refractivity contribution in [2.75, 3.05) is 26.2 Å². The molecule has 0 aromatic heterocycles. The van der Waals surface area contributed by atoms with E-state index < -0.39 is 0 Å². The zero-order valence-corrected chi connectivity index (χ0v) is 13.0. The Morgan fingerprint density at radius 3 is 2.11 bits per heavy atom. The van der Waals surface area contributed by atoms with Gasteiger partial charge in [-0.15, -0.1) is 0 Å². The normalized spacial score (nSPS) is 18.3. The zero-order chi connectivity index (χ0) is 14.1. The molecule has 0 aliphatic heterocycles. The van der Waals surface area contributed by atoms with Gasteiger partial charge in [0.2, 0.25) is 0 Å². The predicted molar refractivity (Wildman–Crippen MR) is 81.0 cm³/mol. The third kappa shape index (κ3) is 5.12. The van der Waals surface area contributed by atoms with Crippen LogP contribution < -0.4 is 5.32 Å². The van der Waals surface area contributed by atoms with Gasteiger partial charge < -0.3 is 4.90 Å². The minimum Gasteiger partial charge on any atom is -0.300 e. The minimum absolute atomic E-state index is 0.295. The van der Waals surface area contributed by atoms with E-state index in [0.29, 0.717) is 5.92 Å². The predicted octanol–water partition coefficient (Wildman–Crippen LogP) is 3.17. The summed E-state index contributed by atoms with van der Waals surface area (Å²) in [4.78, 5) is 2.51. The Kier molecular flexibility index (Phi) is 7.41. The van der Waals surface area contributed by atoms with Crippen molar-refractivity contribution in [2.24, 2.45) is 5.92 Å². The molecule has 1 fully saturated rings. The second kappa shape index (κ2) is 8.55. The van der Waals surface area contributed by atoms with E-state index in [1.165, 1.54) is 38.5 Å². The SMILES string of the molecule is CCCCN(CCCC)CC(C#N)(NCC)C1CC1. The lowest BCUT2D eigenvalue weighted by molar-refractivity contribution is 0.192. The largest absolute Gasteiger partial charge is 0.300 e. The number of unbranched alkanes of at least 4 members (excludes halogenated alkanes) is 2. The first kappa shape index (κ1) is 16.5. The van der Waals surface area contributed by atoms with Gasteiger partial charge in [-0.25, -0.2) is 0 Å². The van der Waals surface area contributed by atoms with Gasteiger partial charge in [-0.3, -0.25) is 5.32 Å². The van der Waals surface area contributed by atoms with E-state index in [1.807, 2.05) is 0 Å². The van der Waals surface area contributed by atoms with Crippen molar-refractivity contribution in [1.29, 1.82) is 5.26 Å². The van der Waals surface area contributed by atoms with Crippen molar-refractivity contribution >= 4 is 0 Å². The van der Waals surface area contributed by atoms with Gasteiger partial charge in [-0.05, 0) is 51.2 Å². The maximum absolute atomic E-state index is 9.68. The molecule has 0 saturated heterocycles. The topological polar surface area (TPSA) is 39.1 Å². The highest BCUT2D eigenvalue weighted by Gasteiger charge is 2.46. The summed E-state index contributed by atoms with van der Waals surface area (Å²) in [6, 6.07) is 2.61. The van der Waals surface area contributed by atoms with Crippen molar-refractivity contribution in [3.8, 4) is 6.07 Å². The van der Waals surface area contributed by atoms with Crippen LogP contribution in [0.2, 0.25) is 0 Å². The van der Waals surface area contributed by atoms with Crippen LogP contribution in [0.1, 0.15) is 59.3 Å². The van der Waals surface area contributed by atoms with Crippen LogP contribution in [0.3, 0.4) is 0 Å². The van der Waals surface area contributed by atoms with Crippen LogP contribution >= 0.6 is 0 Å². The van der Waals surface area contributed by atoms with Crippen molar-refractivity contribution in [3.63, 3.8) is 0 Å². The summed E-state index contributed by atoms with van der Waals surface area (Å²) in [7, 11) is 0. The minimum atomic E-state index is -0.295. The van der Waals surface area contributed by atoms with Gasteiger partial charge in [0.25, 0.3) is 0 Å². The van der Waals surface area contributed by atoms with Crippen LogP contribution in [-0.2, 0) is 0 Å². The molecule has 1 unspecified atom stereocenters. The molecule has 1 atom stereocenters. The van der Waals surface area contributed by atoms with E-state index in [0.717, 1.165) is 26.2 Å². The molecule has 0 amide bonds. The second-order valence-electron chi connectivity index (χ2n) is 5.87. The molecule has 1 aliphatic carbocycles. The fraction of sp³-hybridized carbons (Fsp3) is 0.938. The molecule has 0 aromatic rings. The third-order valence-electron chi connectivity index (χ3n) is 4.09. The fourth-order valence-corrected chi connectivity index (χ4v) is 2.77. The molecule has 110 valence electrons. The molecule has 0 aromatic carbocycles. The van der Waals surface area contributed by atoms with E-state index in [2.05, 4.69) is 37.1 Å². The molecular formula is C16H31N3. The summed E-state index contributed by atoms with van der Waals surface area (Å²) in [5, 5.41) is 13.2. The monoisotopic (exact) mass is 265 g/mol. The highest BCUT2D eigenvalue weighted by atomic mass is 15.2. The van der Waals surface area contributed by atoms with Gasteiger partial charge in [0.1, 0.15) is 5.54 Å². The van der Waals surface area contributed by atoms with Crippen LogP contribution in [-0.4, -0.2) is 36.6 Å². The lowest BCUT2D eigenvalue weighted by Gasteiger charge is -2.34. The van der Waals surface area contributed by atoms with E-state index in [1.54, 1.807) is 0 Å². The molecule has 1 rings (SSSR count). The molecule has 1 aliphatic rings. The second-order valence-corrected chi connectivity index (χ2v) is 5.87. The Morgan fingerprint density at radius 2 is 1.74 bits per heavy atom. The van der Waals surface area contributed by atoms with Gasteiger partial charge in [0.05, 0.1) is 6.07 Å². The molecule has 0 bridgehead atoms. The van der Waals surface area contributed by atoms with Crippen LogP contribution in [0.25, 0.3) is 0 Å². The molecular weight excluding hydrogens is 234 g/mol. The standard InChI is InChI=1S/C16H31N3/c1-4-7-11-19(12-8-5-2)14-16(13-17,18-6-3)15-9-10-15/h15,18H,4-12,14H2,1-3H3. The molecule has 1 saturated carbocycles. The Morgan fingerprint density at radius 1 is 1.16 bits per heavy atom. The fourth-order valence-electron chi connectivity index (χ4n) is 2.77. The van der Waals surface area contributed by atoms with Crippen LogP contribution in [0, 0.1) is 17.2 Å². The third-order valence-corrected chi connectivity index (χ3v) is 4.09. The first-order valence-electron chi connectivity index (χ1n) is 8.11. The van der Waals surface area contributed by atoms with Crippen LogP contribution in [0.15, 0.2) is 0 Å². The number of hydrogen-bond acceptors (Lipinski definition) is 3. The number of nitriles is 1. The molecule has 0 spiro atoms. The molecule has 19 heavy (non-hydrogen) atoms. The smallest absolute Gasteiger partial charge is 0.122 e. The van der Waals surface area contributed by atoms with Gasteiger partial charge in [-0.1, -0.05) is 33.6 Å². The average molecular weight is 265 g/mol. The summed E-state index contributed by atoms with van der Waals surface area (Å²) in [5.41, 5.74) is -0.295. The average Bonchev–Trinajstić information content (AvgIpc) is 3.25. The molecule has 1 N–H and O–H groups in total. The summed E-state index contributed by atoms with van der Waals surface area (Å²) in [6.07, 6.45) is 7.37. The number of rotatable bonds is 11. The molecule has 3 heteroatoms. The Hall–Kier alpha value is -0.590. The maximum atomic E-state index is 9.68. The number of nitrogens with zero attached hydrogens (tertiary/aromatic N) is 2. The first-order valence-corrected chi connectivity index (χ1v) is 8.11. The van der Waals surface area contributed by atoms with E-state index in [-0.39, 0.29) is 5.54 Å². The Bertz CT molecular complexity index is 272. The van der Waals surface area contributed by atoms with Gasteiger partial charge in [0, 0.05) is 6.54 Å². The first-order chi connectivity index (χ1) is 9.22. The van der Waals surface area contributed by atoms with Crippen molar-refractivity contribution in [1.82, 2.24) is 10.2 Å². The highest BCUT2D eigenvalue weighted by Crippen LogP contribution is 2.40. The lowest BCUT2D eigenvalue weighted by atomic mass is 9.93. The maximum Gasteiger partial charge on any atom is 0.122 e. The van der Waals surface area contributed by atoms with Crippen LogP contribution in [0.5, 0.6) is 0 Å². The van der Waals surface area contributed by atoms with E-state index >= 15 is 0 Å². The number of likely N-dealkylation sites (N-methyl/N-ethyl adjacent to an activating group) is 1. The zero-order valence-electron chi connectivity index (χ0n) is 13.0. The number of hydrogen-bond donors (Lipinski definition) is 1. The molecule has 3 nitrogen and oxygen atoms in total.